The van der Waals surface area contributed by atoms with E-state index in [1.165, 1.54) is 23.6 Å². The number of carbonyl (C=O) groups is 1. The van der Waals surface area contributed by atoms with E-state index in [0.29, 0.717) is 18.1 Å². The number of benzene rings is 1. The van der Waals surface area contributed by atoms with Crippen molar-refractivity contribution in [3.8, 4) is 5.88 Å². The second-order valence-corrected chi connectivity index (χ2v) is 7.10. The van der Waals surface area contributed by atoms with Gasteiger partial charge < -0.3 is 9.64 Å². The van der Waals surface area contributed by atoms with Crippen LogP contribution < -0.4 is 4.74 Å². The number of aromatic nitrogens is 2. The zero-order chi connectivity index (χ0) is 20.3. The molecule has 0 bridgehead atoms. The van der Waals surface area contributed by atoms with Gasteiger partial charge in [0.25, 0.3) is 0 Å². The van der Waals surface area contributed by atoms with Gasteiger partial charge in [-0.2, -0.15) is 0 Å². The summed E-state index contributed by atoms with van der Waals surface area (Å²) in [5.41, 5.74) is 0.920. The number of rotatable bonds is 6. The van der Waals surface area contributed by atoms with Crippen LogP contribution in [0.2, 0.25) is 5.02 Å². The Balaban J connectivity index is 1.58. The third-order valence-electron chi connectivity index (χ3n) is 4.83. The highest BCUT2D eigenvalue weighted by molar-refractivity contribution is 6.30. The van der Waals surface area contributed by atoms with Crippen molar-refractivity contribution in [3.63, 3.8) is 0 Å². The van der Waals surface area contributed by atoms with E-state index < -0.39 is 11.0 Å². The molecule has 1 aliphatic rings. The summed E-state index contributed by atoms with van der Waals surface area (Å²) in [5, 5.41) is 15.8. The number of ether oxygens (including phenoxy) is 1. The zero-order valence-electron chi connectivity index (χ0n) is 15.7. The van der Waals surface area contributed by atoms with Crippen LogP contribution in [-0.4, -0.2) is 63.7 Å². The Hall–Kier alpha value is -2.65. The van der Waals surface area contributed by atoms with Crippen molar-refractivity contribution in [2.75, 3.05) is 33.3 Å². The van der Waals surface area contributed by atoms with Gasteiger partial charge in [-0.1, -0.05) is 23.7 Å². The molecule has 10 heteroatoms. The average molecular weight is 408 g/mol. The van der Waals surface area contributed by atoms with Crippen LogP contribution in [0.25, 0.3) is 0 Å². The van der Waals surface area contributed by atoms with Gasteiger partial charge in [-0.3, -0.25) is 19.8 Å². The number of amides is 1. The minimum atomic E-state index is -0.648. The van der Waals surface area contributed by atoms with Crippen LogP contribution in [0.1, 0.15) is 18.5 Å². The summed E-state index contributed by atoms with van der Waals surface area (Å²) >= 11 is 5.92. The topological polar surface area (TPSA) is 93.7 Å². The highest BCUT2D eigenvalue weighted by Crippen LogP contribution is 2.26. The lowest BCUT2D eigenvalue weighted by molar-refractivity contribution is -0.385. The number of hydrogen-bond acceptors (Lipinski definition) is 6. The maximum atomic E-state index is 12.8. The fourth-order valence-corrected chi connectivity index (χ4v) is 3.31. The van der Waals surface area contributed by atoms with E-state index in [1.54, 1.807) is 11.8 Å². The van der Waals surface area contributed by atoms with Gasteiger partial charge in [0.15, 0.2) is 0 Å². The summed E-state index contributed by atoms with van der Waals surface area (Å²) in [6.45, 7) is 5.18. The Kier molecular flexibility index (Phi) is 6.15. The predicted molar refractivity (Wildman–Crippen MR) is 103 cm³/mol. The van der Waals surface area contributed by atoms with E-state index >= 15 is 0 Å². The van der Waals surface area contributed by atoms with E-state index in [9.17, 15) is 14.9 Å². The van der Waals surface area contributed by atoms with E-state index in [-0.39, 0.29) is 17.5 Å². The number of piperazine rings is 1. The molecule has 0 saturated carbocycles. The lowest BCUT2D eigenvalue weighted by Crippen LogP contribution is -2.49. The maximum Gasteiger partial charge on any atom is 0.350 e. The second-order valence-electron chi connectivity index (χ2n) is 6.66. The van der Waals surface area contributed by atoms with E-state index in [4.69, 9.17) is 16.3 Å². The third kappa shape index (κ3) is 4.42. The molecule has 2 aromatic rings. The smallest absolute Gasteiger partial charge is 0.350 e. The van der Waals surface area contributed by atoms with Gasteiger partial charge >= 0.3 is 11.6 Å². The summed E-state index contributed by atoms with van der Waals surface area (Å²) in [4.78, 5) is 27.3. The first-order valence-corrected chi connectivity index (χ1v) is 9.30. The first-order valence-electron chi connectivity index (χ1n) is 8.92. The Morgan fingerprint density at radius 1 is 1.29 bits per heavy atom. The van der Waals surface area contributed by atoms with Crippen LogP contribution in [0, 0.1) is 10.1 Å². The van der Waals surface area contributed by atoms with Crippen LogP contribution in [0.15, 0.2) is 30.5 Å². The molecule has 1 aromatic carbocycles. The number of nitrogens with zero attached hydrogens (tertiary/aromatic N) is 5. The molecule has 1 unspecified atom stereocenters. The summed E-state index contributed by atoms with van der Waals surface area (Å²) in [6, 6.07) is 7.09. The lowest BCUT2D eigenvalue weighted by Gasteiger charge is -2.36. The Morgan fingerprint density at radius 3 is 2.46 bits per heavy atom. The monoisotopic (exact) mass is 407 g/mol. The normalized spacial score (nSPS) is 16.0. The molecule has 0 N–H and O–H groups in total. The summed E-state index contributed by atoms with van der Waals surface area (Å²) in [7, 11) is 1.31. The summed E-state index contributed by atoms with van der Waals surface area (Å²) in [5.74, 6) is -0.219. The third-order valence-corrected chi connectivity index (χ3v) is 5.08. The molecule has 1 amide bonds. The molecule has 2 heterocycles. The SMILES string of the molecule is COc1nn(C(C)C(=O)N2CCN(Cc3ccc(Cl)cc3)CC2)cc1[N+](=O)[O-]. The van der Waals surface area contributed by atoms with Crippen molar-refractivity contribution in [1.82, 2.24) is 19.6 Å². The van der Waals surface area contributed by atoms with Crippen molar-refractivity contribution in [2.45, 2.75) is 19.5 Å². The highest BCUT2D eigenvalue weighted by atomic mass is 35.5. The van der Waals surface area contributed by atoms with Gasteiger partial charge in [-0.25, -0.2) is 4.68 Å². The Morgan fingerprint density at radius 2 is 1.93 bits per heavy atom. The molecular weight excluding hydrogens is 386 g/mol. The lowest BCUT2D eigenvalue weighted by atomic mass is 10.2. The van der Waals surface area contributed by atoms with Gasteiger partial charge in [0.1, 0.15) is 12.2 Å². The zero-order valence-corrected chi connectivity index (χ0v) is 16.5. The van der Waals surface area contributed by atoms with Crippen molar-refractivity contribution < 1.29 is 14.5 Å². The van der Waals surface area contributed by atoms with Gasteiger partial charge in [0.05, 0.1) is 12.0 Å². The fourth-order valence-electron chi connectivity index (χ4n) is 3.19. The molecule has 1 atom stereocenters. The van der Waals surface area contributed by atoms with Crippen molar-refractivity contribution in [1.29, 1.82) is 0 Å². The number of hydrogen-bond donors (Lipinski definition) is 0. The van der Waals surface area contributed by atoms with Crippen LogP contribution in [-0.2, 0) is 11.3 Å². The van der Waals surface area contributed by atoms with Crippen molar-refractivity contribution >= 4 is 23.2 Å². The number of halogens is 1. The molecular formula is C18H22ClN5O4. The maximum absolute atomic E-state index is 12.8. The molecule has 1 saturated heterocycles. The minimum Gasteiger partial charge on any atom is -0.475 e. The molecule has 9 nitrogen and oxygen atoms in total. The first-order chi connectivity index (χ1) is 13.4. The van der Waals surface area contributed by atoms with E-state index in [1.807, 2.05) is 24.3 Å². The number of carbonyl (C=O) groups excluding carboxylic acids is 1. The van der Waals surface area contributed by atoms with Gasteiger partial charge in [0, 0.05) is 37.7 Å². The fraction of sp³-hybridized carbons (Fsp3) is 0.444. The average Bonchev–Trinajstić information content (AvgIpc) is 3.14. The second kappa shape index (κ2) is 8.57. The molecule has 0 radical (unpaired) electrons. The Labute approximate surface area is 167 Å². The Bertz CT molecular complexity index is 846. The predicted octanol–water partition coefficient (Wildman–Crippen LogP) is 2.36. The quantitative estimate of drug-likeness (QED) is 0.539. The molecule has 1 aromatic heterocycles. The van der Waals surface area contributed by atoms with Crippen molar-refractivity contribution in [3.05, 3.63) is 51.2 Å². The van der Waals surface area contributed by atoms with Crippen molar-refractivity contribution in [2.24, 2.45) is 0 Å². The highest BCUT2D eigenvalue weighted by Gasteiger charge is 2.29. The standard InChI is InChI=1S/C18H22ClN5O4/c1-13(23-12-16(24(26)27)17(20-23)28-2)18(25)22-9-7-21(8-10-22)11-14-3-5-15(19)6-4-14/h3-6,12-13H,7-11H2,1-2H3. The molecule has 1 fully saturated rings. The van der Waals surface area contributed by atoms with Gasteiger partial charge in [-0.15, -0.1) is 5.10 Å². The number of methoxy groups -OCH3 is 1. The van der Waals surface area contributed by atoms with Crippen LogP contribution in [0.5, 0.6) is 5.88 Å². The summed E-state index contributed by atoms with van der Waals surface area (Å²) < 4.78 is 6.22. The van der Waals surface area contributed by atoms with Crippen LogP contribution in [0.3, 0.4) is 0 Å². The van der Waals surface area contributed by atoms with E-state index in [2.05, 4.69) is 10.00 Å². The van der Waals surface area contributed by atoms with Gasteiger partial charge in [-0.05, 0) is 24.6 Å². The summed E-state index contributed by atoms with van der Waals surface area (Å²) in [6.07, 6.45) is 1.23. The molecule has 0 spiro atoms. The first kappa shape index (κ1) is 20.1. The van der Waals surface area contributed by atoms with E-state index in [0.717, 1.165) is 19.6 Å². The molecule has 3 rings (SSSR count). The van der Waals surface area contributed by atoms with Crippen LogP contribution >= 0.6 is 11.6 Å². The largest absolute Gasteiger partial charge is 0.475 e. The number of nitro groups is 1. The molecule has 150 valence electrons. The minimum absolute atomic E-state index is 0.0996. The molecule has 0 aliphatic carbocycles. The van der Waals surface area contributed by atoms with Crippen LogP contribution in [0.4, 0.5) is 5.69 Å². The molecule has 1 aliphatic heterocycles. The van der Waals surface area contributed by atoms with Gasteiger partial charge in [0.2, 0.25) is 5.91 Å². The molecule has 28 heavy (non-hydrogen) atoms.